The van der Waals surface area contributed by atoms with Gasteiger partial charge in [0.15, 0.2) is 0 Å². The van der Waals surface area contributed by atoms with Crippen molar-refractivity contribution in [2.24, 2.45) is 0 Å². The van der Waals surface area contributed by atoms with Gasteiger partial charge in [0, 0.05) is 18.5 Å². The van der Waals surface area contributed by atoms with Crippen LogP contribution >= 0.6 is 11.6 Å². The molecule has 3 nitrogen and oxygen atoms in total. The van der Waals surface area contributed by atoms with Crippen molar-refractivity contribution in [3.05, 3.63) is 16.9 Å². The number of hydrogen-bond acceptors (Lipinski definition) is 2. The zero-order valence-electron chi connectivity index (χ0n) is 11.5. The van der Waals surface area contributed by atoms with Crippen LogP contribution in [0.1, 0.15) is 57.6 Å². The van der Waals surface area contributed by atoms with Crippen molar-refractivity contribution in [2.45, 2.75) is 64.5 Å². The Hall–Kier alpha value is -0.540. The highest BCUT2D eigenvalue weighted by Crippen LogP contribution is 2.38. The highest BCUT2D eigenvalue weighted by atomic mass is 35.5. The Morgan fingerprint density at radius 3 is 2.94 bits per heavy atom. The zero-order chi connectivity index (χ0) is 13.0. The molecule has 0 aliphatic heterocycles. The van der Waals surface area contributed by atoms with Crippen LogP contribution in [0.25, 0.3) is 0 Å². The molecule has 1 heterocycles. The Kier molecular flexibility index (Phi) is 5.07. The van der Waals surface area contributed by atoms with Crippen molar-refractivity contribution >= 4 is 11.6 Å². The van der Waals surface area contributed by atoms with Gasteiger partial charge < -0.3 is 5.32 Å². The second-order valence-electron chi connectivity index (χ2n) is 5.20. The molecule has 1 saturated carbocycles. The van der Waals surface area contributed by atoms with Crippen LogP contribution in [0.3, 0.4) is 0 Å². The second kappa shape index (κ2) is 6.58. The van der Waals surface area contributed by atoms with Gasteiger partial charge in [-0.2, -0.15) is 5.10 Å². The summed E-state index contributed by atoms with van der Waals surface area (Å²) in [6.07, 6.45) is 7.88. The summed E-state index contributed by atoms with van der Waals surface area (Å²) in [5.74, 6) is 0.540. The van der Waals surface area contributed by atoms with Crippen molar-refractivity contribution in [3.63, 3.8) is 0 Å². The van der Waals surface area contributed by atoms with Crippen LogP contribution in [0.2, 0.25) is 5.02 Å². The number of hydrogen-bond donors (Lipinski definition) is 1. The lowest BCUT2D eigenvalue weighted by atomic mass is 9.99. The van der Waals surface area contributed by atoms with Gasteiger partial charge in [0.25, 0.3) is 0 Å². The van der Waals surface area contributed by atoms with Gasteiger partial charge >= 0.3 is 0 Å². The summed E-state index contributed by atoms with van der Waals surface area (Å²) in [6.45, 7) is 6.46. The van der Waals surface area contributed by atoms with E-state index >= 15 is 0 Å². The molecule has 2 unspecified atom stereocenters. The number of aryl methyl sites for hydroxylation is 1. The first-order chi connectivity index (χ1) is 8.77. The van der Waals surface area contributed by atoms with E-state index in [4.69, 9.17) is 11.6 Å². The van der Waals surface area contributed by atoms with Gasteiger partial charge in [-0.1, -0.05) is 31.9 Å². The molecule has 0 radical (unpaired) electrons. The Labute approximate surface area is 115 Å². The van der Waals surface area contributed by atoms with Crippen molar-refractivity contribution in [2.75, 3.05) is 6.54 Å². The lowest BCUT2D eigenvalue weighted by molar-refractivity contribution is 0.447. The summed E-state index contributed by atoms with van der Waals surface area (Å²) in [5.41, 5.74) is 1.25. The van der Waals surface area contributed by atoms with E-state index in [9.17, 15) is 0 Å². The van der Waals surface area contributed by atoms with Crippen molar-refractivity contribution in [1.29, 1.82) is 0 Å². The molecule has 1 N–H and O–H groups in total. The van der Waals surface area contributed by atoms with Crippen LogP contribution in [0, 0.1) is 0 Å². The lowest BCUT2D eigenvalue weighted by Gasteiger charge is -2.22. The molecule has 1 aliphatic rings. The third kappa shape index (κ3) is 2.89. The van der Waals surface area contributed by atoms with E-state index in [0.29, 0.717) is 12.0 Å². The molecular formula is C14H24ClN3. The molecule has 0 aromatic carbocycles. The predicted molar refractivity (Wildman–Crippen MR) is 76.2 cm³/mol. The standard InChI is InChI=1S/C14H24ClN3/c1-3-8-16-13-7-5-6-11(13)14-12(15)10-17-18(14)9-4-2/h10-11,13,16H,3-9H2,1-2H3. The van der Waals surface area contributed by atoms with Crippen molar-refractivity contribution in [3.8, 4) is 0 Å². The molecule has 1 aliphatic carbocycles. The molecule has 4 heteroatoms. The van der Waals surface area contributed by atoms with Gasteiger partial charge in [-0.05, 0) is 32.2 Å². The SMILES string of the molecule is CCCNC1CCCC1c1c(Cl)cnn1CCC. The summed E-state index contributed by atoms with van der Waals surface area (Å²) in [7, 11) is 0. The van der Waals surface area contributed by atoms with Crippen molar-refractivity contribution < 1.29 is 0 Å². The first-order valence-corrected chi connectivity index (χ1v) is 7.60. The minimum Gasteiger partial charge on any atom is -0.313 e. The minimum absolute atomic E-state index is 0.540. The van der Waals surface area contributed by atoms with Crippen LogP contribution < -0.4 is 5.32 Å². The normalized spacial score (nSPS) is 23.7. The molecule has 1 fully saturated rings. The highest BCUT2D eigenvalue weighted by molar-refractivity contribution is 6.31. The van der Waals surface area contributed by atoms with Gasteiger partial charge in [-0.3, -0.25) is 4.68 Å². The van der Waals surface area contributed by atoms with Gasteiger partial charge in [0.2, 0.25) is 0 Å². The minimum atomic E-state index is 0.540. The molecule has 2 rings (SSSR count). The largest absolute Gasteiger partial charge is 0.313 e. The van der Waals surface area contributed by atoms with E-state index < -0.39 is 0 Å². The number of nitrogens with one attached hydrogen (secondary N) is 1. The van der Waals surface area contributed by atoms with Crippen LogP contribution in [0.15, 0.2) is 6.20 Å². The monoisotopic (exact) mass is 269 g/mol. The van der Waals surface area contributed by atoms with Crippen LogP contribution in [0.5, 0.6) is 0 Å². The lowest BCUT2D eigenvalue weighted by Crippen LogP contribution is -2.33. The predicted octanol–water partition coefficient (Wildman–Crippen LogP) is 3.58. The zero-order valence-corrected chi connectivity index (χ0v) is 12.2. The van der Waals surface area contributed by atoms with E-state index in [0.717, 1.165) is 24.5 Å². The fraction of sp³-hybridized carbons (Fsp3) is 0.786. The Bertz CT molecular complexity index is 375. The third-order valence-corrected chi connectivity index (χ3v) is 4.08. The second-order valence-corrected chi connectivity index (χ2v) is 5.61. The average molecular weight is 270 g/mol. The Morgan fingerprint density at radius 2 is 2.22 bits per heavy atom. The van der Waals surface area contributed by atoms with Gasteiger partial charge in [0.05, 0.1) is 16.9 Å². The van der Waals surface area contributed by atoms with E-state index in [-0.39, 0.29) is 0 Å². The molecule has 1 aromatic heterocycles. The maximum absolute atomic E-state index is 6.35. The number of nitrogens with zero attached hydrogens (tertiary/aromatic N) is 2. The van der Waals surface area contributed by atoms with Crippen LogP contribution in [-0.4, -0.2) is 22.4 Å². The quantitative estimate of drug-likeness (QED) is 0.855. The van der Waals surface area contributed by atoms with Gasteiger partial charge in [-0.15, -0.1) is 0 Å². The smallest absolute Gasteiger partial charge is 0.0821 e. The summed E-state index contributed by atoms with van der Waals surface area (Å²) in [4.78, 5) is 0. The molecule has 18 heavy (non-hydrogen) atoms. The highest BCUT2D eigenvalue weighted by Gasteiger charge is 2.32. The van der Waals surface area contributed by atoms with Crippen LogP contribution in [0.4, 0.5) is 0 Å². The fourth-order valence-corrected chi connectivity index (χ4v) is 3.27. The van der Waals surface area contributed by atoms with E-state index in [1.165, 1.54) is 31.4 Å². The first-order valence-electron chi connectivity index (χ1n) is 7.22. The Balaban J connectivity index is 2.15. The van der Waals surface area contributed by atoms with Crippen molar-refractivity contribution in [1.82, 2.24) is 15.1 Å². The number of aromatic nitrogens is 2. The topological polar surface area (TPSA) is 29.9 Å². The Morgan fingerprint density at radius 1 is 1.39 bits per heavy atom. The summed E-state index contributed by atoms with van der Waals surface area (Å²) in [6, 6.07) is 0.578. The molecule has 1 aromatic rings. The maximum Gasteiger partial charge on any atom is 0.0821 e. The number of rotatable bonds is 6. The molecule has 0 amide bonds. The van der Waals surface area contributed by atoms with Gasteiger partial charge in [-0.25, -0.2) is 0 Å². The molecule has 0 spiro atoms. The average Bonchev–Trinajstić information content (AvgIpc) is 2.94. The molecular weight excluding hydrogens is 246 g/mol. The fourth-order valence-electron chi connectivity index (χ4n) is 2.99. The molecule has 0 bridgehead atoms. The van der Waals surface area contributed by atoms with Crippen LogP contribution in [-0.2, 0) is 6.54 Å². The van der Waals surface area contributed by atoms with E-state index in [2.05, 4.69) is 28.9 Å². The molecule has 2 atom stereocenters. The number of halogens is 1. The van der Waals surface area contributed by atoms with Gasteiger partial charge in [0.1, 0.15) is 0 Å². The molecule has 102 valence electrons. The molecule has 0 saturated heterocycles. The maximum atomic E-state index is 6.35. The van der Waals surface area contributed by atoms with E-state index in [1.54, 1.807) is 0 Å². The van der Waals surface area contributed by atoms with E-state index in [1.807, 2.05) is 6.20 Å². The summed E-state index contributed by atoms with van der Waals surface area (Å²) < 4.78 is 2.11. The summed E-state index contributed by atoms with van der Waals surface area (Å²) >= 11 is 6.35. The first kappa shape index (κ1) is 13.9. The summed E-state index contributed by atoms with van der Waals surface area (Å²) in [5, 5.41) is 8.93. The third-order valence-electron chi connectivity index (χ3n) is 3.79.